The third-order valence-corrected chi connectivity index (χ3v) is 7.49. The summed E-state index contributed by atoms with van der Waals surface area (Å²) < 4.78 is 2.38. The Morgan fingerprint density at radius 3 is 1.31 bits per heavy atom. The number of hydrogen-bond donors (Lipinski definition) is 0. The van der Waals surface area contributed by atoms with E-state index in [0.717, 1.165) is 25.9 Å². The van der Waals surface area contributed by atoms with E-state index in [9.17, 15) is 0 Å². The summed E-state index contributed by atoms with van der Waals surface area (Å²) in [5.41, 5.74) is 8.43. The Hall–Kier alpha value is -0.812. The van der Waals surface area contributed by atoms with Gasteiger partial charge in [-0.1, -0.05) is 127 Å². The van der Waals surface area contributed by atoms with Gasteiger partial charge in [-0.2, -0.15) is 0 Å². The first-order valence-corrected chi connectivity index (χ1v) is 16.3. The quantitative estimate of drug-likeness (QED) is 0.0698. The van der Waals surface area contributed by atoms with Crippen molar-refractivity contribution in [3.8, 4) is 11.8 Å². The Bertz CT molecular complexity index is 1110. The van der Waals surface area contributed by atoms with Crippen LogP contribution in [0.3, 0.4) is 0 Å². The van der Waals surface area contributed by atoms with Gasteiger partial charge in [-0.15, -0.1) is 35.0 Å². The molecule has 4 rings (SSSR count). The molecule has 0 bridgehead atoms. The van der Waals surface area contributed by atoms with E-state index in [-0.39, 0.29) is 80.4 Å². The number of halogens is 8. The minimum Gasteiger partial charge on any atom is -1.00 e. The second-order valence-electron chi connectivity index (χ2n) is 12.0. The van der Waals surface area contributed by atoms with E-state index in [1.54, 1.807) is 0 Å². The fraction of sp³-hybridized carbons (Fsp3) is 0.583. The van der Waals surface area contributed by atoms with Crippen molar-refractivity contribution in [2.24, 2.45) is 0 Å². The maximum atomic E-state index is 4.76. The molecule has 48 heavy (non-hydrogen) atoms. The number of para-hydroxylation sites is 2. The number of hydrogen-bond acceptors (Lipinski definition) is 1. The van der Waals surface area contributed by atoms with Gasteiger partial charge in [-0.3, -0.25) is 0 Å². The summed E-state index contributed by atoms with van der Waals surface area (Å²) in [6, 6.07) is 13.6. The molecule has 1 aliphatic carbocycles. The Morgan fingerprint density at radius 1 is 0.646 bits per heavy atom. The number of alkyl halides is 2. The number of rotatable bonds is 6. The van der Waals surface area contributed by atoms with Crippen molar-refractivity contribution in [1.82, 2.24) is 0 Å². The van der Waals surface area contributed by atoms with E-state index in [1.165, 1.54) is 59.3 Å². The predicted octanol–water partition coefficient (Wildman–Crippen LogP) is -7.34. The summed E-state index contributed by atoms with van der Waals surface area (Å²) in [7, 11) is 0. The Morgan fingerprint density at radius 2 is 0.979 bits per heavy atom. The fourth-order valence-electron chi connectivity index (χ4n) is 5.37. The zero-order valence-corrected chi connectivity index (χ0v) is 35.5. The number of benzene rings is 2. The van der Waals surface area contributed by atoms with E-state index in [1.807, 2.05) is 0 Å². The Labute approximate surface area is 329 Å². The smallest absolute Gasteiger partial charge is 1.00 e. The van der Waals surface area contributed by atoms with E-state index in [0.29, 0.717) is 23.7 Å². The maximum Gasteiger partial charge on any atom is 5.00 e. The average molecular weight is 1020 g/mol. The van der Waals surface area contributed by atoms with E-state index < -0.39 is 0 Å². The Kier molecular flexibility index (Phi) is 43.3. The zero-order chi connectivity index (χ0) is 29.7. The topological polar surface area (TPSA) is 6.25 Å². The number of anilines is 1. The average Bonchev–Trinajstić information content (AvgIpc) is 3.37. The van der Waals surface area contributed by atoms with Gasteiger partial charge in [0, 0.05) is 24.2 Å². The van der Waals surface area contributed by atoms with Crippen LogP contribution >= 0.6 is 23.2 Å². The van der Waals surface area contributed by atoms with Crippen LogP contribution in [0.5, 0.6) is 0 Å². The van der Waals surface area contributed by atoms with Gasteiger partial charge < -0.3 is 37.7 Å². The fourth-order valence-corrected chi connectivity index (χ4v) is 5.37. The molecule has 0 radical (unpaired) electrons. The van der Waals surface area contributed by atoms with Crippen molar-refractivity contribution in [2.45, 2.75) is 118 Å². The van der Waals surface area contributed by atoms with E-state index >= 15 is 0 Å². The van der Waals surface area contributed by atoms with Crippen molar-refractivity contribution in [2.75, 3.05) is 23.3 Å². The minimum absolute atomic E-state index is 0. The first-order chi connectivity index (χ1) is 19.1. The van der Waals surface area contributed by atoms with Crippen LogP contribution < -0.4 is 33.1 Å². The van der Waals surface area contributed by atoms with Gasteiger partial charge in [-0.25, -0.2) is 0 Å². The molecule has 0 N–H and O–H groups in total. The second kappa shape index (κ2) is 33.3. The van der Waals surface area contributed by atoms with Gasteiger partial charge in [-0.05, 0) is 36.5 Å². The molecule has 0 fully saturated rings. The largest absolute Gasteiger partial charge is 5.00 e. The molecule has 0 atom stereocenters. The third-order valence-electron chi connectivity index (χ3n) is 7.49. The predicted molar refractivity (Wildman–Crippen MR) is 184 cm³/mol. The second-order valence-corrected chi connectivity index (χ2v) is 12.8. The summed E-state index contributed by atoms with van der Waals surface area (Å²) in [6.07, 6.45) is 11.5. The molecule has 0 saturated carbocycles. The Balaban J connectivity index is -0.000000154. The molecule has 0 saturated heterocycles. The molecule has 2 aromatic rings. The molecule has 0 unspecified atom stereocenters. The van der Waals surface area contributed by atoms with Crippen LogP contribution in [0.2, 0.25) is 0 Å². The van der Waals surface area contributed by atoms with Gasteiger partial charge in [0.1, 0.15) is 13.1 Å². The van der Waals surface area contributed by atoms with Crippen molar-refractivity contribution in [1.29, 1.82) is 0 Å². The molecule has 1 aliphatic heterocycles. The summed E-state index contributed by atoms with van der Waals surface area (Å²) in [5.74, 6) is 8.25. The molecule has 2 aliphatic rings. The van der Waals surface area contributed by atoms with Crippen molar-refractivity contribution >= 4 is 65.3 Å². The van der Waals surface area contributed by atoms with Gasteiger partial charge in [0.25, 0.3) is 0 Å². The summed E-state index contributed by atoms with van der Waals surface area (Å²) in [5, 5.41) is 0.194. The van der Waals surface area contributed by atoms with Crippen molar-refractivity contribution < 1.29 is 55.2 Å². The van der Waals surface area contributed by atoms with E-state index in [4.69, 9.17) is 23.2 Å². The number of nitrogens with zero attached hydrogens (tertiary/aromatic N) is 2. The van der Waals surface area contributed by atoms with Gasteiger partial charge in [0.05, 0.1) is 5.34 Å². The first-order valence-electron chi connectivity index (χ1n) is 15.3. The normalized spacial score (nSPS) is 12.5. The standard InChI is InChI=1S/C27H38N2.C8H12.CH2Cl2.Au.6FH.Sb/c1-18(2)22-11-9-12-23(19(3)4)26(22)28-15-16-29(17-28)27-24(20(5)6)13-10-14-25(27)21(7)8;1-2-4-6-8-7-5-3-1;2-1-3;;;;;;;;/h9-14,18-21H,15-16H2,1-8H3;1-6H2;1H2;;6*1H;/q;;;+1;;;;;;;+5/p-6. The van der Waals surface area contributed by atoms with Crippen LogP contribution in [0, 0.1) is 11.8 Å². The molecule has 2 aromatic carbocycles. The third kappa shape index (κ3) is 19.0. The molecule has 1 heterocycles. The van der Waals surface area contributed by atoms with Crippen LogP contribution in [0.15, 0.2) is 36.4 Å². The molecule has 0 amide bonds. The van der Waals surface area contributed by atoms with Crippen molar-refractivity contribution in [3.05, 3.63) is 58.7 Å². The first kappa shape index (κ1) is 62.3. The SMILES string of the molecule is C1#CCCCCCC1.CC(C)c1cccc(C(C)C)c1N1[C-]=[N+](c2c(C(C)C)cccc2C(C)C)CC1.ClCCl.[Au+].[F-].[F-].[F-].[F-].[F-].[F-].[Sb+5]. The van der Waals surface area contributed by atoms with Crippen LogP contribution in [0.25, 0.3) is 0 Å². The molecule has 2 nitrogen and oxygen atoms in total. The summed E-state index contributed by atoms with van der Waals surface area (Å²) in [6.45, 7) is 20.3. The minimum atomic E-state index is 0. The van der Waals surface area contributed by atoms with Crippen LogP contribution in [-0.2, 0) is 22.4 Å². The van der Waals surface area contributed by atoms with Crippen LogP contribution in [0.4, 0.5) is 11.4 Å². The monoisotopic (exact) mass is 1010 g/mol. The zero-order valence-electron chi connectivity index (χ0n) is 29.3. The van der Waals surface area contributed by atoms with Gasteiger partial charge >= 0.3 is 46.8 Å². The van der Waals surface area contributed by atoms with Gasteiger partial charge in [0.15, 0.2) is 0 Å². The maximum absolute atomic E-state index is 4.76. The summed E-state index contributed by atoms with van der Waals surface area (Å²) >= 11 is 9.53. The van der Waals surface area contributed by atoms with Crippen molar-refractivity contribution in [3.63, 3.8) is 0 Å². The molecule has 0 spiro atoms. The van der Waals surface area contributed by atoms with E-state index in [2.05, 4.69) is 119 Å². The molecular weight excluding hydrogens is 964 g/mol. The molecular formula is C36H52AuCl2F6N2Sb. The molecule has 12 heteroatoms. The molecule has 0 aromatic heterocycles. The van der Waals surface area contributed by atoms with Crippen LogP contribution in [0.1, 0.15) is 140 Å². The molecule has 278 valence electrons. The summed E-state index contributed by atoms with van der Waals surface area (Å²) in [4.78, 5) is 2.38. The van der Waals surface area contributed by atoms with Crippen LogP contribution in [-0.4, -0.2) is 53.8 Å². The van der Waals surface area contributed by atoms with Gasteiger partial charge in [0.2, 0.25) is 6.34 Å².